The fourth-order valence-electron chi connectivity index (χ4n) is 1.98. The van der Waals surface area contributed by atoms with Crippen LogP contribution in [0.25, 0.3) is 0 Å². The number of carbonyl (C=O) groups is 2. The van der Waals surface area contributed by atoms with Crippen molar-refractivity contribution < 1.29 is 9.59 Å². The Morgan fingerprint density at radius 3 is 2.24 bits per heavy atom. The molecule has 17 heavy (non-hydrogen) atoms. The van der Waals surface area contributed by atoms with Crippen molar-refractivity contribution in [3.63, 3.8) is 0 Å². The molecule has 2 amide bonds. The standard InChI is InChI=1S/C12H23N3O2/c1-3-12(13,4-2)11(17)14-9-10(16)15-7-5-6-8-15/h3-9,13H2,1-2H3,(H,14,17). The Hall–Kier alpha value is -1.10. The Morgan fingerprint density at radius 1 is 1.24 bits per heavy atom. The Morgan fingerprint density at radius 2 is 1.76 bits per heavy atom. The number of hydrogen-bond donors (Lipinski definition) is 2. The van der Waals surface area contributed by atoms with Crippen LogP contribution in [0.2, 0.25) is 0 Å². The summed E-state index contributed by atoms with van der Waals surface area (Å²) in [5.74, 6) is -0.236. The van der Waals surface area contributed by atoms with E-state index < -0.39 is 5.54 Å². The molecule has 0 spiro atoms. The van der Waals surface area contributed by atoms with Crippen molar-refractivity contribution in [2.45, 2.75) is 45.1 Å². The van der Waals surface area contributed by atoms with Gasteiger partial charge in [0.15, 0.2) is 0 Å². The van der Waals surface area contributed by atoms with Crippen molar-refractivity contribution in [1.29, 1.82) is 0 Å². The summed E-state index contributed by atoms with van der Waals surface area (Å²) in [7, 11) is 0. The molecular formula is C12H23N3O2. The molecule has 5 nitrogen and oxygen atoms in total. The second-order valence-electron chi connectivity index (χ2n) is 4.63. The van der Waals surface area contributed by atoms with Gasteiger partial charge in [0.1, 0.15) is 0 Å². The molecule has 1 fully saturated rings. The predicted octanol–water partition coefficient (Wildman–Crippen LogP) is 0.243. The van der Waals surface area contributed by atoms with E-state index in [9.17, 15) is 9.59 Å². The number of nitrogens with two attached hydrogens (primary N) is 1. The number of amides is 2. The van der Waals surface area contributed by atoms with Crippen molar-refractivity contribution in [2.24, 2.45) is 5.73 Å². The fraction of sp³-hybridized carbons (Fsp3) is 0.833. The van der Waals surface area contributed by atoms with Crippen molar-refractivity contribution in [3.05, 3.63) is 0 Å². The molecule has 0 aromatic rings. The van der Waals surface area contributed by atoms with Crippen LogP contribution in [0.3, 0.4) is 0 Å². The molecular weight excluding hydrogens is 218 g/mol. The molecule has 0 aromatic heterocycles. The summed E-state index contributed by atoms with van der Waals surface area (Å²) < 4.78 is 0. The number of nitrogens with zero attached hydrogens (tertiary/aromatic N) is 1. The normalized spacial score (nSPS) is 16.1. The molecule has 1 aliphatic heterocycles. The van der Waals surface area contributed by atoms with Crippen LogP contribution >= 0.6 is 0 Å². The lowest BCUT2D eigenvalue weighted by Gasteiger charge is -2.25. The maximum absolute atomic E-state index is 11.8. The summed E-state index contributed by atoms with van der Waals surface area (Å²) in [6, 6.07) is 0. The molecule has 0 atom stereocenters. The third-order valence-electron chi connectivity index (χ3n) is 3.57. The maximum atomic E-state index is 11.8. The lowest BCUT2D eigenvalue weighted by Crippen LogP contribution is -2.54. The highest BCUT2D eigenvalue weighted by molar-refractivity contribution is 5.90. The minimum absolute atomic E-state index is 0.00888. The van der Waals surface area contributed by atoms with Crippen LogP contribution in [0.4, 0.5) is 0 Å². The lowest BCUT2D eigenvalue weighted by molar-refractivity contribution is -0.133. The first-order chi connectivity index (χ1) is 8.03. The zero-order valence-electron chi connectivity index (χ0n) is 10.8. The van der Waals surface area contributed by atoms with E-state index in [1.807, 2.05) is 13.8 Å². The molecule has 1 saturated heterocycles. The largest absolute Gasteiger partial charge is 0.345 e. The van der Waals surface area contributed by atoms with E-state index in [-0.39, 0.29) is 18.4 Å². The van der Waals surface area contributed by atoms with E-state index in [0.717, 1.165) is 25.9 Å². The first kappa shape index (κ1) is 14.0. The van der Waals surface area contributed by atoms with Crippen LogP contribution < -0.4 is 11.1 Å². The van der Waals surface area contributed by atoms with Gasteiger partial charge in [-0.25, -0.2) is 0 Å². The van der Waals surface area contributed by atoms with E-state index in [0.29, 0.717) is 12.8 Å². The van der Waals surface area contributed by atoms with E-state index in [1.54, 1.807) is 4.90 Å². The number of rotatable bonds is 5. The third kappa shape index (κ3) is 3.43. The summed E-state index contributed by atoms with van der Waals surface area (Å²) >= 11 is 0. The number of carbonyl (C=O) groups excluding carboxylic acids is 2. The summed E-state index contributed by atoms with van der Waals surface area (Å²) in [6.45, 7) is 5.45. The van der Waals surface area contributed by atoms with Gasteiger partial charge in [-0.05, 0) is 25.7 Å². The number of likely N-dealkylation sites (tertiary alicyclic amines) is 1. The first-order valence-corrected chi connectivity index (χ1v) is 6.38. The van der Waals surface area contributed by atoms with Gasteiger partial charge < -0.3 is 16.0 Å². The van der Waals surface area contributed by atoms with E-state index >= 15 is 0 Å². The smallest absolute Gasteiger partial charge is 0.241 e. The van der Waals surface area contributed by atoms with Crippen LogP contribution in [-0.4, -0.2) is 41.9 Å². The molecule has 3 N–H and O–H groups in total. The van der Waals surface area contributed by atoms with Gasteiger partial charge in [0.05, 0.1) is 12.1 Å². The highest BCUT2D eigenvalue weighted by Crippen LogP contribution is 2.11. The van der Waals surface area contributed by atoms with Gasteiger partial charge >= 0.3 is 0 Å². The Kier molecular flexibility index (Phi) is 4.93. The molecule has 0 aliphatic carbocycles. The molecule has 0 aromatic carbocycles. The van der Waals surface area contributed by atoms with Crippen molar-refractivity contribution >= 4 is 11.8 Å². The minimum Gasteiger partial charge on any atom is -0.345 e. The quantitative estimate of drug-likeness (QED) is 0.724. The second kappa shape index (κ2) is 6.00. The summed E-state index contributed by atoms with van der Waals surface area (Å²) in [5.41, 5.74) is 5.10. The van der Waals surface area contributed by atoms with Crippen molar-refractivity contribution in [2.75, 3.05) is 19.6 Å². The molecule has 1 heterocycles. The lowest BCUT2D eigenvalue weighted by atomic mass is 9.93. The molecule has 1 aliphatic rings. The average Bonchev–Trinajstić information content (AvgIpc) is 2.88. The average molecular weight is 241 g/mol. The van der Waals surface area contributed by atoms with Gasteiger partial charge in [-0.2, -0.15) is 0 Å². The first-order valence-electron chi connectivity index (χ1n) is 6.38. The topological polar surface area (TPSA) is 75.4 Å². The third-order valence-corrected chi connectivity index (χ3v) is 3.57. The van der Waals surface area contributed by atoms with E-state index in [1.165, 1.54) is 0 Å². The number of hydrogen-bond acceptors (Lipinski definition) is 3. The Bertz CT molecular complexity index is 281. The van der Waals surface area contributed by atoms with E-state index in [2.05, 4.69) is 5.32 Å². The molecule has 0 saturated carbocycles. The zero-order valence-corrected chi connectivity index (χ0v) is 10.8. The minimum atomic E-state index is -0.842. The molecule has 0 bridgehead atoms. The van der Waals surface area contributed by atoms with Gasteiger partial charge in [-0.1, -0.05) is 13.8 Å². The Labute approximate surface area is 103 Å². The highest BCUT2D eigenvalue weighted by atomic mass is 16.2. The van der Waals surface area contributed by atoms with Gasteiger partial charge in [0.25, 0.3) is 0 Å². The molecule has 0 unspecified atom stereocenters. The zero-order chi connectivity index (χ0) is 12.9. The van der Waals surface area contributed by atoms with Crippen LogP contribution in [-0.2, 0) is 9.59 Å². The van der Waals surface area contributed by atoms with Gasteiger partial charge in [0, 0.05) is 13.1 Å². The van der Waals surface area contributed by atoms with Gasteiger partial charge in [-0.3, -0.25) is 9.59 Å². The summed E-state index contributed by atoms with van der Waals surface area (Å²) in [6.07, 6.45) is 3.27. The maximum Gasteiger partial charge on any atom is 0.241 e. The highest BCUT2D eigenvalue weighted by Gasteiger charge is 2.30. The fourth-order valence-corrected chi connectivity index (χ4v) is 1.98. The molecule has 1 rings (SSSR count). The van der Waals surface area contributed by atoms with Gasteiger partial charge in [-0.15, -0.1) is 0 Å². The second-order valence-corrected chi connectivity index (χ2v) is 4.63. The SMILES string of the molecule is CCC(N)(CC)C(=O)NCC(=O)N1CCCC1. The molecule has 5 heteroatoms. The predicted molar refractivity (Wildman–Crippen MR) is 66.3 cm³/mol. The van der Waals surface area contributed by atoms with Crippen molar-refractivity contribution in [3.8, 4) is 0 Å². The van der Waals surface area contributed by atoms with Gasteiger partial charge in [0.2, 0.25) is 11.8 Å². The van der Waals surface area contributed by atoms with Crippen LogP contribution in [0.1, 0.15) is 39.5 Å². The molecule has 0 radical (unpaired) electrons. The van der Waals surface area contributed by atoms with Crippen molar-refractivity contribution in [1.82, 2.24) is 10.2 Å². The van der Waals surface area contributed by atoms with Crippen LogP contribution in [0, 0.1) is 0 Å². The number of nitrogens with one attached hydrogen (secondary N) is 1. The summed E-state index contributed by atoms with van der Waals surface area (Å²) in [5, 5.41) is 2.65. The van der Waals surface area contributed by atoms with Crippen LogP contribution in [0.5, 0.6) is 0 Å². The monoisotopic (exact) mass is 241 g/mol. The van der Waals surface area contributed by atoms with E-state index in [4.69, 9.17) is 5.73 Å². The Balaban J connectivity index is 2.39. The molecule has 98 valence electrons. The van der Waals surface area contributed by atoms with Crippen LogP contribution in [0.15, 0.2) is 0 Å². The summed E-state index contributed by atoms with van der Waals surface area (Å²) in [4.78, 5) is 25.4.